The quantitative estimate of drug-likeness (QED) is 0.479. The topological polar surface area (TPSA) is 91.0 Å². The van der Waals surface area contributed by atoms with E-state index in [1.165, 1.54) is 19.3 Å². The molecule has 2 bridgehead atoms. The van der Waals surface area contributed by atoms with E-state index in [2.05, 4.69) is 15.5 Å². The van der Waals surface area contributed by atoms with E-state index in [0.29, 0.717) is 17.3 Å². The molecule has 1 aliphatic carbocycles. The number of hydrogen-bond acceptors (Lipinski definition) is 5. The lowest BCUT2D eigenvalue weighted by atomic mass is 9.74. The second-order valence-corrected chi connectivity index (χ2v) is 12.3. The third-order valence-electron chi connectivity index (χ3n) is 9.39. The van der Waals surface area contributed by atoms with Crippen molar-refractivity contribution >= 4 is 35.0 Å². The van der Waals surface area contributed by atoms with Crippen LogP contribution >= 0.6 is 11.6 Å². The van der Waals surface area contributed by atoms with E-state index in [-0.39, 0.29) is 23.8 Å². The minimum absolute atomic E-state index is 0.121. The Morgan fingerprint density at radius 2 is 1.85 bits per heavy atom. The number of anilines is 1. The molecule has 5 atom stereocenters. The zero-order valence-electron chi connectivity index (χ0n) is 22.7. The van der Waals surface area contributed by atoms with Crippen molar-refractivity contribution in [3.8, 4) is 0 Å². The number of nitrogens with zero attached hydrogens (tertiary/aromatic N) is 2. The van der Waals surface area contributed by atoms with Crippen molar-refractivity contribution in [2.24, 2.45) is 11.8 Å². The molecule has 210 valence electrons. The van der Waals surface area contributed by atoms with Crippen molar-refractivity contribution < 1.29 is 19.1 Å². The summed E-state index contributed by atoms with van der Waals surface area (Å²) in [5.41, 5.74) is 0.374. The monoisotopic (exact) mass is 554 g/mol. The number of ether oxygens (including phenoxy) is 1. The Balaban J connectivity index is 1.25. The van der Waals surface area contributed by atoms with Gasteiger partial charge >= 0.3 is 0 Å². The smallest absolute Gasteiger partial charge is 0.246 e. The summed E-state index contributed by atoms with van der Waals surface area (Å²) in [6.07, 6.45) is 11.7. The number of amides is 3. The number of hydrogen-bond donors (Lipinski definition) is 2. The number of fused-ring (bicyclic) bond motifs is 1. The van der Waals surface area contributed by atoms with Gasteiger partial charge in [-0.3, -0.25) is 14.4 Å². The van der Waals surface area contributed by atoms with Crippen LogP contribution < -0.4 is 10.6 Å². The highest BCUT2D eigenvalue weighted by molar-refractivity contribution is 6.31. The predicted octanol–water partition coefficient (Wildman–Crippen LogP) is 3.67. The van der Waals surface area contributed by atoms with Gasteiger partial charge in [0, 0.05) is 23.3 Å². The molecule has 3 unspecified atom stereocenters. The fourth-order valence-electron chi connectivity index (χ4n) is 7.40. The lowest BCUT2D eigenvalue weighted by Gasteiger charge is -2.34. The van der Waals surface area contributed by atoms with Gasteiger partial charge in [0.15, 0.2) is 0 Å². The predicted molar refractivity (Wildman–Crippen MR) is 149 cm³/mol. The molecule has 1 saturated carbocycles. The Labute approximate surface area is 235 Å². The van der Waals surface area contributed by atoms with Crippen molar-refractivity contribution in [3.63, 3.8) is 0 Å². The average molecular weight is 555 g/mol. The molecule has 3 saturated heterocycles. The summed E-state index contributed by atoms with van der Waals surface area (Å²) in [6, 6.07) is 4.72. The normalized spacial score (nSPS) is 32.2. The molecular weight excluding hydrogens is 516 g/mol. The lowest BCUT2D eigenvalue weighted by Crippen LogP contribution is -2.56. The number of carbonyl (C=O) groups is 3. The highest BCUT2D eigenvalue weighted by Crippen LogP contribution is 2.55. The number of rotatable bonds is 8. The van der Waals surface area contributed by atoms with Crippen LogP contribution in [0.3, 0.4) is 0 Å². The maximum absolute atomic E-state index is 14.1. The van der Waals surface area contributed by atoms with Gasteiger partial charge in [-0.1, -0.05) is 49.1 Å². The van der Waals surface area contributed by atoms with Crippen molar-refractivity contribution in [2.75, 3.05) is 31.5 Å². The zero-order valence-corrected chi connectivity index (χ0v) is 23.4. The van der Waals surface area contributed by atoms with Crippen LogP contribution in [-0.2, 0) is 19.1 Å². The number of likely N-dealkylation sites (tertiary alicyclic amines) is 2. The third kappa shape index (κ3) is 4.89. The summed E-state index contributed by atoms with van der Waals surface area (Å²) in [5, 5.41) is 6.78. The van der Waals surface area contributed by atoms with Gasteiger partial charge in [-0.15, -0.1) is 0 Å². The summed E-state index contributed by atoms with van der Waals surface area (Å²) in [7, 11) is 0. The standard InChI is InChI=1S/C30H39ClN4O4/c1-19-10-11-21(18-22(19)31)33-27(36)24-23-12-13-30(39-23)25(24)29(38)35(17-7-16-34-14-5-6-15-34)26(30)28(37)32-20-8-3-2-4-9-20/h10-13,18,20,23-26H,2-9,14-17H2,1H3,(H,32,37)(H,33,36)/t23-,24?,25-,26?,30?/m1/s1. The second-order valence-electron chi connectivity index (χ2n) is 11.9. The molecule has 4 aliphatic heterocycles. The van der Waals surface area contributed by atoms with E-state index in [0.717, 1.165) is 57.3 Å². The van der Waals surface area contributed by atoms with Crippen molar-refractivity contribution in [2.45, 2.75) is 82.1 Å². The van der Waals surface area contributed by atoms with E-state index in [9.17, 15) is 14.4 Å². The van der Waals surface area contributed by atoms with Crippen molar-refractivity contribution in [1.82, 2.24) is 15.1 Å². The number of nitrogens with one attached hydrogen (secondary N) is 2. The summed E-state index contributed by atoms with van der Waals surface area (Å²) in [6.45, 7) is 5.45. The maximum Gasteiger partial charge on any atom is 0.246 e. The SMILES string of the molecule is Cc1ccc(NC(=O)C2[C@H]3C=CC4(O3)C(C(=O)NC3CCCCC3)N(CCCN3CCCC3)C(=O)[C@@H]24)cc1Cl. The highest BCUT2D eigenvalue weighted by atomic mass is 35.5. The fraction of sp³-hybridized carbons (Fsp3) is 0.633. The van der Waals surface area contributed by atoms with E-state index < -0.39 is 29.6 Å². The number of carbonyl (C=O) groups excluding carboxylic acids is 3. The van der Waals surface area contributed by atoms with Crippen LogP contribution in [0.25, 0.3) is 0 Å². The molecular formula is C30H39ClN4O4. The van der Waals surface area contributed by atoms with E-state index in [1.54, 1.807) is 17.0 Å². The van der Waals surface area contributed by atoms with Gasteiger partial charge in [0.25, 0.3) is 0 Å². The first-order valence-electron chi connectivity index (χ1n) is 14.6. The second kappa shape index (κ2) is 10.9. The molecule has 39 heavy (non-hydrogen) atoms. The Morgan fingerprint density at radius 3 is 2.59 bits per heavy atom. The molecule has 9 heteroatoms. The van der Waals surface area contributed by atoms with Gasteiger partial charge in [-0.05, 0) is 76.4 Å². The lowest BCUT2D eigenvalue weighted by molar-refractivity contribution is -0.141. The maximum atomic E-state index is 14.1. The largest absolute Gasteiger partial charge is 0.359 e. The van der Waals surface area contributed by atoms with Gasteiger partial charge in [0.05, 0.1) is 17.9 Å². The van der Waals surface area contributed by atoms with E-state index in [4.69, 9.17) is 16.3 Å². The van der Waals surface area contributed by atoms with Gasteiger partial charge in [-0.2, -0.15) is 0 Å². The minimum atomic E-state index is -1.12. The Hall–Kier alpha value is -2.42. The Morgan fingerprint density at radius 1 is 1.08 bits per heavy atom. The van der Waals surface area contributed by atoms with Gasteiger partial charge in [-0.25, -0.2) is 0 Å². The molecule has 3 amide bonds. The molecule has 4 heterocycles. The average Bonchev–Trinajstić information content (AvgIpc) is 3.70. The summed E-state index contributed by atoms with van der Waals surface area (Å²) in [5.74, 6) is -2.04. The third-order valence-corrected chi connectivity index (χ3v) is 9.80. The molecule has 1 aromatic carbocycles. The summed E-state index contributed by atoms with van der Waals surface area (Å²) in [4.78, 5) is 45.8. The minimum Gasteiger partial charge on any atom is -0.359 e. The highest BCUT2D eigenvalue weighted by Gasteiger charge is 2.72. The first kappa shape index (κ1) is 26.8. The number of benzene rings is 1. The molecule has 1 spiro atoms. The van der Waals surface area contributed by atoms with Crippen LogP contribution in [-0.4, -0.2) is 77.5 Å². The van der Waals surface area contributed by atoms with Gasteiger partial charge in [0.1, 0.15) is 11.6 Å². The number of halogens is 1. The van der Waals surface area contributed by atoms with Crippen LogP contribution in [0.2, 0.25) is 5.02 Å². The molecule has 0 aromatic heterocycles. The number of aryl methyl sites for hydroxylation is 1. The van der Waals surface area contributed by atoms with Crippen LogP contribution in [0.5, 0.6) is 0 Å². The molecule has 5 aliphatic rings. The molecule has 6 rings (SSSR count). The first-order valence-corrected chi connectivity index (χ1v) is 15.0. The molecule has 0 radical (unpaired) electrons. The first-order chi connectivity index (χ1) is 18.9. The summed E-state index contributed by atoms with van der Waals surface area (Å²) < 4.78 is 6.47. The van der Waals surface area contributed by atoms with Gasteiger partial charge < -0.3 is 25.2 Å². The zero-order chi connectivity index (χ0) is 27.1. The van der Waals surface area contributed by atoms with Crippen LogP contribution in [0.1, 0.15) is 56.9 Å². The van der Waals surface area contributed by atoms with E-state index >= 15 is 0 Å². The fourth-order valence-corrected chi connectivity index (χ4v) is 7.58. The van der Waals surface area contributed by atoms with E-state index in [1.807, 2.05) is 25.1 Å². The summed E-state index contributed by atoms with van der Waals surface area (Å²) >= 11 is 6.28. The van der Waals surface area contributed by atoms with Gasteiger partial charge in [0.2, 0.25) is 17.7 Å². The Bertz CT molecular complexity index is 1160. The molecule has 4 fully saturated rings. The van der Waals surface area contributed by atoms with Crippen LogP contribution in [0.15, 0.2) is 30.4 Å². The van der Waals surface area contributed by atoms with Crippen LogP contribution in [0.4, 0.5) is 5.69 Å². The van der Waals surface area contributed by atoms with Crippen molar-refractivity contribution in [3.05, 3.63) is 40.9 Å². The molecule has 2 N–H and O–H groups in total. The van der Waals surface area contributed by atoms with Crippen LogP contribution in [0, 0.1) is 18.8 Å². The molecule has 1 aromatic rings. The van der Waals surface area contributed by atoms with Crippen molar-refractivity contribution in [1.29, 1.82) is 0 Å². The Kier molecular flexibility index (Phi) is 7.46. The molecule has 8 nitrogen and oxygen atoms in total.